The highest BCUT2D eigenvalue weighted by Gasteiger charge is 2.17. The highest BCUT2D eigenvalue weighted by molar-refractivity contribution is 14.0. The predicted octanol–water partition coefficient (Wildman–Crippen LogP) is 3.37. The molecule has 1 aromatic carbocycles. The first-order valence-electron chi connectivity index (χ1n) is 9.90. The maximum absolute atomic E-state index is 6.10. The SMILES string of the molecule is CN=C(NCCOCC(C)C)NCc1ccc(C)cc1OCC1CCOC1.I. The summed E-state index contributed by atoms with van der Waals surface area (Å²) >= 11 is 0. The monoisotopic (exact) mass is 505 g/mol. The first kappa shape index (κ1) is 25.0. The molecular weight excluding hydrogens is 469 g/mol. The summed E-state index contributed by atoms with van der Waals surface area (Å²) in [5.74, 6) is 2.74. The van der Waals surface area contributed by atoms with Crippen LogP contribution in [0.15, 0.2) is 23.2 Å². The van der Waals surface area contributed by atoms with Gasteiger partial charge >= 0.3 is 0 Å². The Balaban J connectivity index is 0.00000392. The number of guanidine groups is 1. The molecule has 2 rings (SSSR count). The van der Waals surface area contributed by atoms with E-state index in [0.29, 0.717) is 31.6 Å². The molecule has 1 aliphatic heterocycles. The fourth-order valence-corrected chi connectivity index (χ4v) is 2.82. The average molecular weight is 505 g/mol. The number of nitrogens with one attached hydrogen (secondary N) is 2. The number of rotatable bonds is 10. The van der Waals surface area contributed by atoms with Crippen LogP contribution in [0, 0.1) is 18.8 Å². The van der Waals surface area contributed by atoms with Crippen molar-refractivity contribution >= 4 is 29.9 Å². The van der Waals surface area contributed by atoms with Crippen LogP contribution in [-0.2, 0) is 16.0 Å². The van der Waals surface area contributed by atoms with Crippen LogP contribution in [0.5, 0.6) is 5.75 Å². The molecule has 1 fully saturated rings. The van der Waals surface area contributed by atoms with Crippen molar-refractivity contribution in [3.63, 3.8) is 0 Å². The summed E-state index contributed by atoms with van der Waals surface area (Å²) in [5.41, 5.74) is 2.32. The summed E-state index contributed by atoms with van der Waals surface area (Å²) in [5, 5.41) is 6.63. The zero-order chi connectivity index (χ0) is 19.5. The number of benzene rings is 1. The number of nitrogens with zero attached hydrogens (tertiary/aromatic N) is 1. The Hall–Kier alpha value is -1.06. The number of hydrogen-bond donors (Lipinski definition) is 2. The van der Waals surface area contributed by atoms with Crippen molar-refractivity contribution in [2.75, 3.05) is 46.6 Å². The molecule has 160 valence electrons. The van der Waals surface area contributed by atoms with Gasteiger partial charge in [-0.3, -0.25) is 4.99 Å². The van der Waals surface area contributed by atoms with Crippen LogP contribution >= 0.6 is 24.0 Å². The van der Waals surface area contributed by atoms with Gasteiger partial charge in [0.2, 0.25) is 0 Å². The van der Waals surface area contributed by atoms with Crippen molar-refractivity contribution in [3.8, 4) is 5.75 Å². The lowest BCUT2D eigenvalue weighted by molar-refractivity contribution is 0.114. The fourth-order valence-electron chi connectivity index (χ4n) is 2.82. The quantitative estimate of drug-likeness (QED) is 0.221. The topological polar surface area (TPSA) is 64.1 Å². The minimum absolute atomic E-state index is 0. The van der Waals surface area contributed by atoms with Crippen LogP contribution in [0.25, 0.3) is 0 Å². The molecule has 7 heteroatoms. The van der Waals surface area contributed by atoms with Gasteiger partial charge in [0.25, 0.3) is 0 Å². The van der Waals surface area contributed by atoms with E-state index >= 15 is 0 Å². The summed E-state index contributed by atoms with van der Waals surface area (Å²) in [7, 11) is 1.77. The van der Waals surface area contributed by atoms with Crippen LogP contribution in [0.3, 0.4) is 0 Å². The lowest BCUT2D eigenvalue weighted by Gasteiger charge is -2.17. The first-order valence-corrected chi connectivity index (χ1v) is 9.90. The smallest absolute Gasteiger partial charge is 0.191 e. The Kier molecular flexibility index (Phi) is 12.5. The molecule has 1 heterocycles. The van der Waals surface area contributed by atoms with E-state index in [4.69, 9.17) is 14.2 Å². The van der Waals surface area contributed by atoms with Crippen LogP contribution in [0.4, 0.5) is 0 Å². The second-order valence-corrected chi connectivity index (χ2v) is 7.47. The van der Waals surface area contributed by atoms with E-state index in [2.05, 4.69) is 54.6 Å². The van der Waals surface area contributed by atoms with Crippen molar-refractivity contribution in [2.45, 2.75) is 33.7 Å². The molecule has 0 amide bonds. The Morgan fingerprint density at radius 3 is 2.82 bits per heavy atom. The minimum atomic E-state index is 0. The lowest BCUT2D eigenvalue weighted by atomic mass is 10.1. The third-order valence-electron chi connectivity index (χ3n) is 4.38. The second-order valence-electron chi connectivity index (χ2n) is 7.47. The van der Waals surface area contributed by atoms with Crippen LogP contribution < -0.4 is 15.4 Å². The van der Waals surface area contributed by atoms with E-state index < -0.39 is 0 Å². The van der Waals surface area contributed by atoms with Gasteiger partial charge in [0, 0.05) is 44.8 Å². The highest BCUT2D eigenvalue weighted by atomic mass is 127. The van der Waals surface area contributed by atoms with Crippen molar-refractivity contribution in [2.24, 2.45) is 16.8 Å². The normalized spacial score (nSPS) is 16.8. The standard InChI is InChI=1S/C21H35N3O3.HI/c1-16(2)13-26-10-8-23-21(22-4)24-12-19-6-5-17(3)11-20(19)27-15-18-7-9-25-14-18;/h5-6,11,16,18H,7-10,12-15H2,1-4H3,(H2,22,23,24);1H. The number of aliphatic imine (C=N–C) groups is 1. The van der Waals surface area contributed by atoms with Crippen LogP contribution in [0.1, 0.15) is 31.4 Å². The van der Waals surface area contributed by atoms with Crippen molar-refractivity contribution in [1.82, 2.24) is 10.6 Å². The molecule has 0 aromatic heterocycles. The highest BCUT2D eigenvalue weighted by Crippen LogP contribution is 2.22. The molecule has 0 spiro atoms. The zero-order valence-corrected chi connectivity index (χ0v) is 20.0. The van der Waals surface area contributed by atoms with E-state index in [1.54, 1.807) is 7.05 Å². The van der Waals surface area contributed by atoms with Crippen LogP contribution in [0.2, 0.25) is 0 Å². The van der Waals surface area contributed by atoms with Crippen molar-refractivity contribution < 1.29 is 14.2 Å². The molecule has 0 saturated carbocycles. The van der Waals surface area contributed by atoms with Crippen LogP contribution in [-0.4, -0.2) is 52.6 Å². The summed E-state index contributed by atoms with van der Waals surface area (Å²) in [6.07, 6.45) is 1.08. The van der Waals surface area contributed by atoms with Gasteiger partial charge in [0.1, 0.15) is 5.75 Å². The Morgan fingerprint density at radius 1 is 1.32 bits per heavy atom. The van der Waals surface area contributed by atoms with Gasteiger partial charge < -0.3 is 24.8 Å². The summed E-state index contributed by atoms with van der Waals surface area (Å²) < 4.78 is 17.1. The molecule has 0 bridgehead atoms. The fraction of sp³-hybridized carbons (Fsp3) is 0.667. The van der Waals surface area contributed by atoms with Gasteiger partial charge in [-0.05, 0) is 30.9 Å². The molecule has 1 atom stereocenters. The van der Waals surface area contributed by atoms with E-state index in [1.807, 2.05) is 0 Å². The number of hydrogen-bond acceptors (Lipinski definition) is 4. The summed E-state index contributed by atoms with van der Waals surface area (Å²) in [6.45, 7) is 11.6. The van der Waals surface area contributed by atoms with E-state index in [-0.39, 0.29) is 24.0 Å². The molecule has 1 aliphatic rings. The maximum atomic E-state index is 6.10. The van der Waals surface area contributed by atoms with Crippen molar-refractivity contribution in [3.05, 3.63) is 29.3 Å². The van der Waals surface area contributed by atoms with E-state index in [9.17, 15) is 0 Å². The van der Waals surface area contributed by atoms with Gasteiger partial charge in [-0.2, -0.15) is 0 Å². The Morgan fingerprint density at radius 2 is 2.14 bits per heavy atom. The third kappa shape index (κ3) is 9.43. The molecule has 1 saturated heterocycles. The average Bonchev–Trinajstić information content (AvgIpc) is 3.16. The lowest BCUT2D eigenvalue weighted by Crippen LogP contribution is -2.38. The van der Waals surface area contributed by atoms with Gasteiger partial charge in [0.15, 0.2) is 5.96 Å². The van der Waals surface area contributed by atoms with Crippen molar-refractivity contribution in [1.29, 1.82) is 0 Å². The molecule has 28 heavy (non-hydrogen) atoms. The molecule has 0 aliphatic carbocycles. The molecule has 1 aromatic rings. The zero-order valence-electron chi connectivity index (χ0n) is 17.6. The van der Waals surface area contributed by atoms with E-state index in [1.165, 1.54) is 5.56 Å². The van der Waals surface area contributed by atoms with Gasteiger partial charge in [-0.25, -0.2) is 0 Å². The molecule has 6 nitrogen and oxygen atoms in total. The number of halogens is 1. The Labute approximate surface area is 186 Å². The number of aryl methyl sites for hydroxylation is 1. The molecule has 0 radical (unpaired) electrons. The maximum Gasteiger partial charge on any atom is 0.191 e. The molecular formula is C21H36IN3O3. The summed E-state index contributed by atoms with van der Waals surface area (Å²) in [6, 6.07) is 6.32. The Bertz CT molecular complexity index is 590. The number of ether oxygens (including phenoxy) is 3. The summed E-state index contributed by atoms with van der Waals surface area (Å²) in [4.78, 5) is 4.27. The first-order chi connectivity index (χ1) is 13.1. The van der Waals surface area contributed by atoms with Gasteiger partial charge in [-0.1, -0.05) is 26.0 Å². The van der Waals surface area contributed by atoms with Gasteiger partial charge in [-0.15, -0.1) is 24.0 Å². The largest absolute Gasteiger partial charge is 0.493 e. The van der Waals surface area contributed by atoms with E-state index in [0.717, 1.165) is 50.1 Å². The predicted molar refractivity (Wildman–Crippen MR) is 125 cm³/mol. The molecule has 2 N–H and O–H groups in total. The third-order valence-corrected chi connectivity index (χ3v) is 4.38. The van der Waals surface area contributed by atoms with Gasteiger partial charge in [0.05, 0.1) is 19.8 Å². The second kappa shape index (κ2) is 14.0. The minimum Gasteiger partial charge on any atom is -0.493 e. The molecule has 1 unspecified atom stereocenters.